The van der Waals surface area contributed by atoms with Gasteiger partial charge in [-0.2, -0.15) is 0 Å². The minimum Gasteiger partial charge on any atom is -0.455 e. The molecule has 0 atom stereocenters. The average molecular weight is 740 g/mol. The normalized spacial score (nSPS) is 11.4. The maximum Gasteiger partial charge on any atom is 0.143 e. The zero-order chi connectivity index (χ0) is 38.4. The van der Waals surface area contributed by atoms with E-state index in [1.165, 1.54) is 49.5 Å². The highest BCUT2D eigenvalue weighted by atomic mass is 16.3. The summed E-state index contributed by atoms with van der Waals surface area (Å²) in [5.41, 5.74) is 14.6. The van der Waals surface area contributed by atoms with E-state index in [9.17, 15) is 0 Å². The third kappa shape index (κ3) is 6.00. The fraction of sp³-hybridized carbons (Fsp3) is 0. The molecule has 272 valence electrons. The summed E-state index contributed by atoms with van der Waals surface area (Å²) in [7, 11) is 0. The third-order valence-corrected chi connectivity index (χ3v) is 11.5. The quantitative estimate of drug-likeness (QED) is 0.162. The second-order valence-electron chi connectivity index (χ2n) is 14.9. The first-order valence-corrected chi connectivity index (χ1v) is 19.8. The molecule has 0 spiro atoms. The van der Waals surface area contributed by atoms with Crippen molar-refractivity contribution in [1.29, 1.82) is 0 Å². The van der Waals surface area contributed by atoms with Gasteiger partial charge in [-0.1, -0.05) is 170 Å². The molecule has 1 aromatic heterocycles. The second kappa shape index (κ2) is 14.1. The molecule has 0 amide bonds. The zero-order valence-corrected chi connectivity index (χ0v) is 31.7. The Hall–Kier alpha value is -7.68. The molecule has 1 heterocycles. The van der Waals surface area contributed by atoms with E-state index in [1.807, 2.05) is 0 Å². The first kappa shape index (κ1) is 33.6. The van der Waals surface area contributed by atoms with Gasteiger partial charge in [0.2, 0.25) is 0 Å². The Balaban J connectivity index is 0.946. The van der Waals surface area contributed by atoms with Crippen molar-refractivity contribution in [3.05, 3.63) is 224 Å². The number of furan rings is 1. The molecule has 58 heavy (non-hydrogen) atoms. The lowest BCUT2D eigenvalue weighted by Gasteiger charge is -2.26. The topological polar surface area (TPSA) is 16.4 Å². The smallest absolute Gasteiger partial charge is 0.143 e. The molecule has 0 N–H and O–H groups in total. The molecular weight excluding hydrogens is 703 g/mol. The van der Waals surface area contributed by atoms with Crippen LogP contribution in [-0.2, 0) is 0 Å². The summed E-state index contributed by atoms with van der Waals surface area (Å²) in [6, 6.07) is 80.6. The van der Waals surface area contributed by atoms with Crippen LogP contribution in [0.2, 0.25) is 0 Å². The van der Waals surface area contributed by atoms with Gasteiger partial charge in [-0.05, 0) is 115 Å². The standard InChI is InChI=1S/C56H37NO/c1-2-9-38(10-3-1)41-23-30-48(31-24-41)57(49-32-25-42(26-33-49)40-17-19-43(20-18-40)47-22-21-39-11-4-5-13-46(39)37-47)50-34-27-45(28-35-50)51-15-8-16-54-55(51)53-36-29-44-12-6-7-14-52(44)56(53)58-54/h1-37H. The summed E-state index contributed by atoms with van der Waals surface area (Å²) < 4.78 is 6.52. The van der Waals surface area contributed by atoms with Crippen LogP contribution in [0.15, 0.2) is 229 Å². The van der Waals surface area contributed by atoms with Crippen molar-refractivity contribution in [2.24, 2.45) is 0 Å². The number of nitrogens with zero attached hydrogens (tertiary/aromatic N) is 1. The van der Waals surface area contributed by atoms with Crippen molar-refractivity contribution in [2.45, 2.75) is 0 Å². The molecule has 0 bridgehead atoms. The van der Waals surface area contributed by atoms with Crippen molar-refractivity contribution < 1.29 is 4.42 Å². The summed E-state index contributed by atoms with van der Waals surface area (Å²) in [4.78, 5) is 2.34. The van der Waals surface area contributed by atoms with Gasteiger partial charge in [0.25, 0.3) is 0 Å². The molecule has 2 heteroatoms. The molecule has 0 saturated heterocycles. The Morgan fingerprint density at radius 1 is 0.293 bits per heavy atom. The van der Waals surface area contributed by atoms with Gasteiger partial charge in [-0.25, -0.2) is 0 Å². The lowest BCUT2D eigenvalue weighted by molar-refractivity contribution is 0.673. The van der Waals surface area contributed by atoms with Crippen LogP contribution < -0.4 is 4.90 Å². The first-order valence-electron chi connectivity index (χ1n) is 19.8. The highest BCUT2D eigenvalue weighted by Crippen LogP contribution is 2.42. The molecule has 0 aliphatic heterocycles. The highest BCUT2D eigenvalue weighted by molar-refractivity contribution is 6.19. The molecule has 0 aliphatic carbocycles. The van der Waals surface area contributed by atoms with Gasteiger partial charge in [-0.3, -0.25) is 0 Å². The maximum atomic E-state index is 6.52. The van der Waals surface area contributed by atoms with Crippen molar-refractivity contribution in [2.75, 3.05) is 4.90 Å². The predicted octanol–water partition coefficient (Wildman–Crippen LogP) is 16.0. The molecule has 0 fully saturated rings. The van der Waals surface area contributed by atoms with Crippen LogP contribution in [0.25, 0.3) is 88.0 Å². The number of hydrogen-bond acceptors (Lipinski definition) is 2. The summed E-state index contributed by atoms with van der Waals surface area (Å²) in [6.07, 6.45) is 0. The Kier molecular flexibility index (Phi) is 8.19. The van der Waals surface area contributed by atoms with E-state index in [4.69, 9.17) is 4.42 Å². The zero-order valence-electron chi connectivity index (χ0n) is 31.7. The largest absolute Gasteiger partial charge is 0.455 e. The van der Waals surface area contributed by atoms with Crippen LogP contribution in [0.5, 0.6) is 0 Å². The van der Waals surface area contributed by atoms with E-state index in [-0.39, 0.29) is 0 Å². The molecule has 0 radical (unpaired) electrons. The lowest BCUT2D eigenvalue weighted by Crippen LogP contribution is -2.09. The summed E-state index contributed by atoms with van der Waals surface area (Å²) in [5.74, 6) is 0. The van der Waals surface area contributed by atoms with Crippen LogP contribution in [0.3, 0.4) is 0 Å². The Morgan fingerprint density at radius 3 is 1.43 bits per heavy atom. The van der Waals surface area contributed by atoms with Crippen LogP contribution in [0.4, 0.5) is 17.1 Å². The van der Waals surface area contributed by atoms with Crippen molar-refractivity contribution in [3.8, 4) is 44.5 Å². The Bertz CT molecular complexity index is 3230. The average Bonchev–Trinajstić information content (AvgIpc) is 3.70. The predicted molar refractivity (Wildman–Crippen MR) is 245 cm³/mol. The summed E-state index contributed by atoms with van der Waals surface area (Å²) in [5, 5.41) is 7.11. The minimum absolute atomic E-state index is 0.900. The van der Waals surface area contributed by atoms with Crippen LogP contribution in [0, 0.1) is 0 Å². The van der Waals surface area contributed by atoms with Crippen molar-refractivity contribution in [3.63, 3.8) is 0 Å². The number of fused-ring (bicyclic) bond motifs is 6. The van der Waals surface area contributed by atoms with Gasteiger partial charge in [0.15, 0.2) is 0 Å². The number of anilines is 3. The van der Waals surface area contributed by atoms with Crippen LogP contribution in [0.1, 0.15) is 0 Å². The SMILES string of the molecule is c1ccc(-c2ccc(N(c3ccc(-c4ccc(-c5ccc6ccccc6c5)cc4)cc3)c3ccc(-c4cccc5oc6c7ccccc7ccc6c45)cc3)cc2)cc1. The van der Waals surface area contributed by atoms with Gasteiger partial charge in [0.1, 0.15) is 11.2 Å². The van der Waals surface area contributed by atoms with E-state index < -0.39 is 0 Å². The molecule has 0 unspecified atom stereocenters. The van der Waals surface area contributed by atoms with E-state index >= 15 is 0 Å². The maximum absolute atomic E-state index is 6.52. The fourth-order valence-corrected chi connectivity index (χ4v) is 8.49. The van der Waals surface area contributed by atoms with E-state index in [1.54, 1.807) is 0 Å². The molecule has 11 rings (SSSR count). The second-order valence-corrected chi connectivity index (χ2v) is 14.9. The molecule has 0 aliphatic rings. The monoisotopic (exact) mass is 739 g/mol. The van der Waals surface area contributed by atoms with Gasteiger partial charge in [0.05, 0.1) is 0 Å². The van der Waals surface area contributed by atoms with Gasteiger partial charge < -0.3 is 9.32 Å². The van der Waals surface area contributed by atoms with Crippen molar-refractivity contribution >= 4 is 60.5 Å². The van der Waals surface area contributed by atoms with Gasteiger partial charge in [0, 0.05) is 33.2 Å². The van der Waals surface area contributed by atoms with Crippen molar-refractivity contribution in [1.82, 2.24) is 0 Å². The highest BCUT2D eigenvalue weighted by Gasteiger charge is 2.17. The van der Waals surface area contributed by atoms with Gasteiger partial charge in [-0.15, -0.1) is 0 Å². The first-order chi connectivity index (χ1) is 28.7. The Morgan fingerprint density at radius 2 is 0.776 bits per heavy atom. The minimum atomic E-state index is 0.900. The molecule has 2 nitrogen and oxygen atoms in total. The molecular formula is C56H37NO. The van der Waals surface area contributed by atoms with E-state index in [2.05, 4.69) is 229 Å². The molecule has 11 aromatic rings. The van der Waals surface area contributed by atoms with Crippen LogP contribution >= 0.6 is 0 Å². The summed E-state index contributed by atoms with van der Waals surface area (Å²) >= 11 is 0. The number of hydrogen-bond donors (Lipinski definition) is 0. The summed E-state index contributed by atoms with van der Waals surface area (Å²) in [6.45, 7) is 0. The van der Waals surface area contributed by atoms with Crippen LogP contribution in [-0.4, -0.2) is 0 Å². The Labute approximate surface area is 337 Å². The fourth-order valence-electron chi connectivity index (χ4n) is 8.49. The van der Waals surface area contributed by atoms with Gasteiger partial charge >= 0.3 is 0 Å². The molecule has 10 aromatic carbocycles. The lowest BCUT2D eigenvalue weighted by atomic mass is 9.97. The third-order valence-electron chi connectivity index (χ3n) is 11.5. The van der Waals surface area contributed by atoms with E-state index in [0.717, 1.165) is 55.5 Å². The molecule has 0 saturated carbocycles. The van der Waals surface area contributed by atoms with E-state index in [0.29, 0.717) is 0 Å². The number of rotatable bonds is 7. The number of benzene rings is 10.